The zero-order chi connectivity index (χ0) is 18.3. The SMILES string of the molecule is Cc1nc(-c2ccsc2)sc1C(=O)NN1C(=O)NC2(CCCCC2)C1=O. The van der Waals surface area contributed by atoms with Crippen LogP contribution in [0.5, 0.6) is 0 Å². The summed E-state index contributed by atoms with van der Waals surface area (Å²) in [6.07, 6.45) is 4.08. The summed E-state index contributed by atoms with van der Waals surface area (Å²) in [6.45, 7) is 1.75. The Bertz CT molecular complexity index is 869. The summed E-state index contributed by atoms with van der Waals surface area (Å²) in [5.74, 6) is -0.853. The number of amides is 4. The van der Waals surface area contributed by atoms with Gasteiger partial charge in [0, 0.05) is 10.9 Å². The maximum Gasteiger partial charge on any atom is 0.344 e. The summed E-state index contributed by atoms with van der Waals surface area (Å²) in [4.78, 5) is 42.5. The van der Waals surface area contributed by atoms with E-state index in [-0.39, 0.29) is 5.91 Å². The number of nitrogens with zero attached hydrogens (tertiary/aromatic N) is 2. The first kappa shape index (κ1) is 17.2. The second-order valence-corrected chi connectivity index (χ2v) is 8.38. The van der Waals surface area contributed by atoms with E-state index in [2.05, 4.69) is 15.7 Å². The summed E-state index contributed by atoms with van der Waals surface area (Å²) >= 11 is 2.81. The van der Waals surface area contributed by atoms with E-state index in [1.165, 1.54) is 11.3 Å². The van der Waals surface area contributed by atoms with Gasteiger partial charge < -0.3 is 5.32 Å². The molecular formula is C17H18N4O3S2. The molecule has 0 atom stereocenters. The number of thiophene rings is 1. The maximum atomic E-state index is 12.8. The average Bonchev–Trinajstić information content (AvgIpc) is 3.32. The van der Waals surface area contributed by atoms with Crippen LogP contribution in [0.3, 0.4) is 0 Å². The fourth-order valence-corrected chi connectivity index (χ4v) is 5.15. The van der Waals surface area contributed by atoms with Gasteiger partial charge in [-0.1, -0.05) is 19.3 Å². The van der Waals surface area contributed by atoms with Crippen molar-refractivity contribution in [1.29, 1.82) is 0 Å². The highest BCUT2D eigenvalue weighted by molar-refractivity contribution is 7.17. The second kappa shape index (κ2) is 6.48. The Morgan fingerprint density at radius 1 is 1.31 bits per heavy atom. The van der Waals surface area contributed by atoms with Crippen molar-refractivity contribution in [2.24, 2.45) is 0 Å². The molecule has 1 aliphatic carbocycles. The Labute approximate surface area is 158 Å². The molecule has 26 heavy (non-hydrogen) atoms. The Morgan fingerprint density at radius 3 is 2.77 bits per heavy atom. The zero-order valence-corrected chi connectivity index (χ0v) is 15.8. The topological polar surface area (TPSA) is 91.4 Å². The summed E-state index contributed by atoms with van der Waals surface area (Å²) < 4.78 is 0. The first-order chi connectivity index (χ1) is 12.5. The van der Waals surface area contributed by atoms with Gasteiger partial charge in [0.2, 0.25) is 0 Å². The summed E-state index contributed by atoms with van der Waals surface area (Å²) in [6, 6.07) is 1.38. The Balaban J connectivity index is 1.53. The number of urea groups is 1. The summed E-state index contributed by atoms with van der Waals surface area (Å²) in [5.41, 5.74) is 3.15. The molecule has 4 rings (SSSR count). The molecule has 136 valence electrons. The van der Waals surface area contributed by atoms with Crippen LogP contribution in [0.2, 0.25) is 0 Å². The van der Waals surface area contributed by atoms with Gasteiger partial charge in [-0.3, -0.25) is 15.0 Å². The molecule has 1 saturated heterocycles. The van der Waals surface area contributed by atoms with E-state index in [1.807, 2.05) is 16.8 Å². The third-order valence-electron chi connectivity index (χ3n) is 4.85. The molecule has 0 radical (unpaired) electrons. The second-order valence-electron chi connectivity index (χ2n) is 6.60. The molecule has 2 fully saturated rings. The number of imide groups is 1. The van der Waals surface area contributed by atoms with E-state index in [4.69, 9.17) is 0 Å². The number of hydrazine groups is 1. The van der Waals surface area contributed by atoms with E-state index < -0.39 is 17.5 Å². The lowest BCUT2D eigenvalue weighted by Crippen LogP contribution is -2.50. The lowest BCUT2D eigenvalue weighted by atomic mass is 9.82. The normalized spacial score (nSPS) is 19.0. The van der Waals surface area contributed by atoms with Gasteiger partial charge in [0.05, 0.1) is 5.69 Å². The molecule has 1 spiro atoms. The Hall–Kier alpha value is -2.26. The van der Waals surface area contributed by atoms with Crippen molar-refractivity contribution in [3.05, 3.63) is 27.4 Å². The van der Waals surface area contributed by atoms with E-state index >= 15 is 0 Å². The number of hydrogen-bond donors (Lipinski definition) is 2. The van der Waals surface area contributed by atoms with Crippen LogP contribution in [-0.2, 0) is 4.79 Å². The minimum atomic E-state index is -0.854. The van der Waals surface area contributed by atoms with Gasteiger partial charge in [-0.25, -0.2) is 9.78 Å². The van der Waals surface area contributed by atoms with Crippen LogP contribution >= 0.6 is 22.7 Å². The highest BCUT2D eigenvalue weighted by atomic mass is 32.1. The van der Waals surface area contributed by atoms with Crippen LogP contribution in [-0.4, -0.2) is 33.4 Å². The van der Waals surface area contributed by atoms with Gasteiger partial charge in [-0.15, -0.1) is 11.3 Å². The Morgan fingerprint density at radius 2 is 2.08 bits per heavy atom. The van der Waals surface area contributed by atoms with Crippen LogP contribution < -0.4 is 10.7 Å². The lowest BCUT2D eigenvalue weighted by molar-refractivity contribution is -0.134. The predicted octanol–water partition coefficient (Wildman–Crippen LogP) is 3.08. The molecule has 2 aromatic heterocycles. The number of thiazole rings is 1. The van der Waals surface area contributed by atoms with Crippen molar-refractivity contribution in [2.75, 3.05) is 0 Å². The molecule has 0 unspecified atom stereocenters. The molecule has 0 aromatic carbocycles. The quantitative estimate of drug-likeness (QED) is 0.788. The smallest absolute Gasteiger partial charge is 0.322 e. The van der Waals surface area contributed by atoms with Gasteiger partial charge in [0.25, 0.3) is 11.8 Å². The molecule has 3 heterocycles. The number of rotatable bonds is 3. The molecule has 0 bridgehead atoms. The minimum absolute atomic E-state index is 0.365. The van der Waals surface area contributed by atoms with Crippen molar-refractivity contribution < 1.29 is 14.4 Å². The maximum absolute atomic E-state index is 12.8. The number of nitrogens with one attached hydrogen (secondary N) is 2. The number of hydrogen-bond acceptors (Lipinski definition) is 6. The number of carbonyl (C=O) groups is 3. The lowest BCUT2D eigenvalue weighted by Gasteiger charge is -2.30. The van der Waals surface area contributed by atoms with Crippen molar-refractivity contribution in [3.63, 3.8) is 0 Å². The van der Waals surface area contributed by atoms with E-state index in [0.29, 0.717) is 23.4 Å². The molecule has 7 nitrogen and oxygen atoms in total. The highest BCUT2D eigenvalue weighted by Crippen LogP contribution is 2.33. The van der Waals surface area contributed by atoms with Crippen molar-refractivity contribution in [2.45, 2.75) is 44.6 Å². The van der Waals surface area contributed by atoms with Gasteiger partial charge in [0.15, 0.2) is 0 Å². The van der Waals surface area contributed by atoms with Gasteiger partial charge in [0.1, 0.15) is 15.4 Å². The molecule has 1 aliphatic heterocycles. The third kappa shape index (κ3) is 2.80. The molecule has 9 heteroatoms. The standard InChI is InChI=1S/C17H18N4O3S2/c1-10-12(26-14(18-10)11-5-8-25-9-11)13(22)20-21-15(23)17(19-16(21)24)6-3-2-4-7-17/h5,8-9H,2-4,6-7H2,1H3,(H,19,24)(H,20,22). The van der Waals surface area contributed by atoms with E-state index in [1.54, 1.807) is 18.3 Å². The highest BCUT2D eigenvalue weighted by Gasteiger charge is 2.52. The van der Waals surface area contributed by atoms with Crippen LogP contribution in [0.15, 0.2) is 16.8 Å². The molecule has 2 N–H and O–H groups in total. The van der Waals surface area contributed by atoms with Crippen LogP contribution in [0.25, 0.3) is 10.6 Å². The van der Waals surface area contributed by atoms with Crippen molar-refractivity contribution in [1.82, 2.24) is 20.7 Å². The monoisotopic (exact) mass is 390 g/mol. The minimum Gasteiger partial charge on any atom is -0.322 e. The van der Waals surface area contributed by atoms with Crippen molar-refractivity contribution in [3.8, 4) is 10.6 Å². The van der Waals surface area contributed by atoms with Crippen LogP contribution in [0.4, 0.5) is 4.79 Å². The zero-order valence-electron chi connectivity index (χ0n) is 14.2. The fourth-order valence-electron chi connectivity index (χ4n) is 3.49. The van der Waals surface area contributed by atoms with E-state index in [0.717, 1.165) is 34.8 Å². The first-order valence-corrected chi connectivity index (χ1v) is 10.2. The Kier molecular flexibility index (Phi) is 4.28. The average molecular weight is 390 g/mol. The summed E-state index contributed by atoms with van der Waals surface area (Å²) in [5, 5.41) is 8.27. The van der Waals surface area contributed by atoms with Crippen LogP contribution in [0, 0.1) is 6.92 Å². The van der Waals surface area contributed by atoms with Crippen LogP contribution in [0.1, 0.15) is 47.5 Å². The predicted molar refractivity (Wildman–Crippen MR) is 98.8 cm³/mol. The molecule has 2 aromatic rings. The van der Waals surface area contributed by atoms with Crippen molar-refractivity contribution >= 4 is 40.5 Å². The molecule has 2 aliphatic rings. The number of aryl methyl sites for hydroxylation is 1. The first-order valence-electron chi connectivity index (χ1n) is 8.48. The molecule has 4 amide bonds. The number of aromatic nitrogens is 1. The number of carbonyl (C=O) groups excluding carboxylic acids is 3. The third-order valence-corrected chi connectivity index (χ3v) is 6.74. The van der Waals surface area contributed by atoms with Gasteiger partial charge in [-0.2, -0.15) is 16.3 Å². The largest absolute Gasteiger partial charge is 0.344 e. The molecule has 1 saturated carbocycles. The van der Waals surface area contributed by atoms with Gasteiger partial charge >= 0.3 is 6.03 Å². The fraction of sp³-hybridized carbons (Fsp3) is 0.412. The van der Waals surface area contributed by atoms with E-state index in [9.17, 15) is 14.4 Å². The van der Waals surface area contributed by atoms with Gasteiger partial charge in [-0.05, 0) is 31.2 Å². The summed E-state index contributed by atoms with van der Waals surface area (Å²) in [7, 11) is 0. The molecular weight excluding hydrogens is 372 g/mol.